The first-order valence-corrected chi connectivity index (χ1v) is 11.3. The molecular formula is C23H34N4O4. The summed E-state index contributed by atoms with van der Waals surface area (Å²) in [6.07, 6.45) is 3.70. The van der Waals surface area contributed by atoms with Gasteiger partial charge in [-0.2, -0.15) is 0 Å². The molecular weight excluding hydrogens is 396 g/mol. The summed E-state index contributed by atoms with van der Waals surface area (Å²) in [7, 11) is 0. The van der Waals surface area contributed by atoms with Crippen molar-refractivity contribution in [1.29, 1.82) is 0 Å². The van der Waals surface area contributed by atoms with E-state index in [1.807, 2.05) is 42.2 Å². The van der Waals surface area contributed by atoms with E-state index in [0.29, 0.717) is 26.1 Å². The number of para-hydroxylation sites is 1. The number of nitrogens with two attached hydrogens (primary N) is 1. The summed E-state index contributed by atoms with van der Waals surface area (Å²) in [5, 5.41) is 2.95. The van der Waals surface area contributed by atoms with Gasteiger partial charge in [-0.3, -0.25) is 14.5 Å². The molecule has 2 heterocycles. The number of carbonyl (C=O) groups is 3. The van der Waals surface area contributed by atoms with Gasteiger partial charge in [-0.15, -0.1) is 0 Å². The molecule has 3 N–H and O–H groups in total. The summed E-state index contributed by atoms with van der Waals surface area (Å²) in [5.41, 5.74) is 6.32. The number of urea groups is 1. The molecule has 2 aliphatic heterocycles. The van der Waals surface area contributed by atoms with Crippen molar-refractivity contribution >= 4 is 23.6 Å². The van der Waals surface area contributed by atoms with Crippen molar-refractivity contribution in [2.75, 3.05) is 38.1 Å². The highest BCUT2D eigenvalue weighted by Gasteiger charge is 2.35. The Balaban J connectivity index is 1.62. The Morgan fingerprint density at radius 2 is 1.90 bits per heavy atom. The molecule has 8 heteroatoms. The van der Waals surface area contributed by atoms with Gasteiger partial charge < -0.3 is 20.7 Å². The molecule has 8 nitrogen and oxygen atoms in total. The number of nitrogens with one attached hydrogen (secondary N) is 1. The van der Waals surface area contributed by atoms with Crippen molar-refractivity contribution in [1.82, 2.24) is 9.80 Å². The Hall–Kier alpha value is -2.61. The number of hydrogen-bond donors (Lipinski definition) is 2. The van der Waals surface area contributed by atoms with Gasteiger partial charge in [-0.25, -0.2) is 4.79 Å². The Kier molecular flexibility index (Phi) is 8.28. The van der Waals surface area contributed by atoms with Crippen molar-refractivity contribution in [2.45, 2.75) is 45.1 Å². The van der Waals surface area contributed by atoms with E-state index in [-0.39, 0.29) is 35.8 Å². The second-order valence-corrected chi connectivity index (χ2v) is 8.45. The number of benzene rings is 1. The van der Waals surface area contributed by atoms with Gasteiger partial charge in [-0.1, -0.05) is 18.2 Å². The number of hydrogen-bond acceptors (Lipinski definition) is 5. The predicted molar refractivity (Wildman–Crippen MR) is 118 cm³/mol. The first kappa shape index (κ1) is 23.1. The summed E-state index contributed by atoms with van der Waals surface area (Å²) >= 11 is 0. The smallest absolute Gasteiger partial charge is 0.321 e. The molecule has 2 saturated heterocycles. The van der Waals surface area contributed by atoms with Gasteiger partial charge in [0.15, 0.2) is 0 Å². The lowest BCUT2D eigenvalue weighted by atomic mass is 9.81. The van der Waals surface area contributed by atoms with Crippen molar-refractivity contribution in [2.24, 2.45) is 17.6 Å². The first-order chi connectivity index (χ1) is 15.0. The summed E-state index contributed by atoms with van der Waals surface area (Å²) in [6, 6.07) is 9.07. The van der Waals surface area contributed by atoms with E-state index in [1.165, 1.54) is 0 Å². The number of piperidine rings is 1. The number of amides is 3. The van der Waals surface area contributed by atoms with Gasteiger partial charge in [0.25, 0.3) is 0 Å². The van der Waals surface area contributed by atoms with Crippen molar-refractivity contribution in [3.05, 3.63) is 30.3 Å². The van der Waals surface area contributed by atoms with E-state index >= 15 is 0 Å². The minimum Gasteiger partial charge on any atom is -0.466 e. The fourth-order valence-corrected chi connectivity index (χ4v) is 4.77. The van der Waals surface area contributed by atoms with E-state index in [2.05, 4.69) is 10.2 Å². The van der Waals surface area contributed by atoms with Crippen molar-refractivity contribution < 1.29 is 19.1 Å². The Bertz CT molecular complexity index is 757. The Labute approximate surface area is 184 Å². The molecule has 0 unspecified atom stereocenters. The van der Waals surface area contributed by atoms with E-state index in [9.17, 15) is 14.4 Å². The summed E-state index contributed by atoms with van der Waals surface area (Å²) in [6.45, 7) is 4.97. The SMILES string of the molecule is CCOC(=O)C[C@H]1CCN(C(=O)Nc2ccccc2)C[C@@H]1CCN1CCC[C@H]1C(N)=O. The number of rotatable bonds is 8. The molecule has 0 aliphatic carbocycles. The van der Waals surface area contributed by atoms with Crippen LogP contribution in [-0.2, 0) is 14.3 Å². The number of esters is 1. The third-order valence-electron chi connectivity index (χ3n) is 6.42. The maximum atomic E-state index is 12.8. The first-order valence-electron chi connectivity index (χ1n) is 11.3. The van der Waals surface area contributed by atoms with Crippen LogP contribution < -0.4 is 11.1 Å². The maximum absolute atomic E-state index is 12.8. The van der Waals surface area contributed by atoms with Crippen LogP contribution in [0, 0.1) is 11.8 Å². The van der Waals surface area contributed by atoms with E-state index in [0.717, 1.165) is 44.5 Å². The molecule has 0 bridgehead atoms. The number of nitrogens with zero attached hydrogens (tertiary/aromatic N) is 2. The van der Waals surface area contributed by atoms with E-state index < -0.39 is 0 Å². The molecule has 3 rings (SSSR count). The molecule has 2 fully saturated rings. The van der Waals surface area contributed by atoms with Gasteiger partial charge in [0.05, 0.1) is 12.6 Å². The highest BCUT2D eigenvalue weighted by atomic mass is 16.5. The zero-order valence-corrected chi connectivity index (χ0v) is 18.3. The van der Waals surface area contributed by atoms with Gasteiger partial charge in [0.1, 0.15) is 0 Å². The molecule has 31 heavy (non-hydrogen) atoms. The van der Waals surface area contributed by atoms with Gasteiger partial charge in [-0.05, 0) is 69.7 Å². The van der Waals surface area contributed by atoms with Crippen LogP contribution in [-0.4, -0.2) is 66.5 Å². The minimum absolute atomic E-state index is 0.123. The quantitative estimate of drug-likeness (QED) is 0.617. The molecule has 1 aromatic carbocycles. The van der Waals surface area contributed by atoms with Crippen LogP contribution in [0.25, 0.3) is 0 Å². The van der Waals surface area contributed by atoms with Gasteiger partial charge in [0.2, 0.25) is 5.91 Å². The molecule has 1 aromatic rings. The summed E-state index contributed by atoms with van der Waals surface area (Å²) < 4.78 is 5.17. The predicted octanol–water partition coefficient (Wildman–Crippen LogP) is 2.45. The minimum atomic E-state index is -0.270. The van der Waals surface area contributed by atoms with Crippen LogP contribution >= 0.6 is 0 Å². The number of ether oxygens (including phenoxy) is 1. The lowest BCUT2D eigenvalue weighted by Crippen LogP contribution is -2.47. The molecule has 2 aliphatic rings. The van der Waals surface area contributed by atoms with Crippen LogP contribution in [0.1, 0.15) is 39.0 Å². The molecule has 3 atom stereocenters. The molecule has 170 valence electrons. The highest BCUT2D eigenvalue weighted by Crippen LogP contribution is 2.31. The maximum Gasteiger partial charge on any atom is 0.321 e. The molecule has 3 amide bonds. The fraction of sp³-hybridized carbons (Fsp3) is 0.609. The molecule has 0 aromatic heterocycles. The second kappa shape index (κ2) is 11.1. The Morgan fingerprint density at radius 1 is 1.13 bits per heavy atom. The number of primary amides is 1. The third kappa shape index (κ3) is 6.43. The fourth-order valence-electron chi connectivity index (χ4n) is 4.77. The van der Waals surface area contributed by atoms with E-state index in [4.69, 9.17) is 10.5 Å². The standard InChI is InChI=1S/C23H34N4O4/c1-2-31-21(28)15-17-10-14-27(23(30)25-19-7-4-3-5-8-19)16-18(17)11-13-26-12-6-9-20(26)22(24)29/h3-5,7-8,17-18,20H,2,6,9-16H2,1H3,(H2,24,29)(H,25,30)/t17-,18+,20+/m1/s1. The highest BCUT2D eigenvalue weighted by molar-refractivity contribution is 5.89. The largest absolute Gasteiger partial charge is 0.466 e. The average Bonchev–Trinajstić information content (AvgIpc) is 3.23. The molecule has 0 radical (unpaired) electrons. The Morgan fingerprint density at radius 3 is 2.61 bits per heavy atom. The zero-order chi connectivity index (χ0) is 22.2. The van der Waals surface area contributed by atoms with Crippen LogP contribution in [0.4, 0.5) is 10.5 Å². The number of likely N-dealkylation sites (tertiary alicyclic amines) is 2. The monoisotopic (exact) mass is 430 g/mol. The van der Waals surface area contributed by atoms with Crippen molar-refractivity contribution in [3.8, 4) is 0 Å². The summed E-state index contributed by atoms with van der Waals surface area (Å²) in [5.74, 6) is -0.132. The lowest BCUT2D eigenvalue weighted by Gasteiger charge is -2.39. The topological polar surface area (TPSA) is 105 Å². The van der Waals surface area contributed by atoms with Crippen LogP contribution in [0.15, 0.2) is 30.3 Å². The average molecular weight is 431 g/mol. The van der Waals surface area contributed by atoms with Gasteiger partial charge >= 0.3 is 12.0 Å². The van der Waals surface area contributed by atoms with Crippen molar-refractivity contribution in [3.63, 3.8) is 0 Å². The van der Waals surface area contributed by atoms with Crippen LogP contribution in [0.5, 0.6) is 0 Å². The lowest BCUT2D eigenvalue weighted by molar-refractivity contribution is -0.145. The van der Waals surface area contributed by atoms with E-state index in [1.54, 1.807) is 0 Å². The molecule has 0 saturated carbocycles. The normalized spacial score (nSPS) is 24.0. The third-order valence-corrected chi connectivity index (χ3v) is 6.42. The second-order valence-electron chi connectivity index (χ2n) is 8.45. The van der Waals surface area contributed by atoms with Crippen LogP contribution in [0.2, 0.25) is 0 Å². The zero-order valence-electron chi connectivity index (χ0n) is 18.3. The van der Waals surface area contributed by atoms with Gasteiger partial charge in [0, 0.05) is 25.2 Å². The number of anilines is 1. The van der Waals surface area contributed by atoms with Crippen LogP contribution in [0.3, 0.4) is 0 Å². The summed E-state index contributed by atoms with van der Waals surface area (Å²) in [4.78, 5) is 40.6. The number of carbonyl (C=O) groups excluding carboxylic acids is 3. The molecule has 0 spiro atoms.